The van der Waals surface area contributed by atoms with Crippen molar-refractivity contribution < 1.29 is 19.4 Å². The first-order valence-corrected chi connectivity index (χ1v) is 5.80. The Kier molecular flexibility index (Phi) is 8.22. The molecule has 0 aromatic heterocycles. The van der Waals surface area contributed by atoms with Gasteiger partial charge >= 0.3 is 11.9 Å². The topological polar surface area (TPSA) is 180 Å². The molecule has 0 heterocycles. The number of hydrogen-bond donors (Lipinski definition) is 5. The van der Waals surface area contributed by atoms with E-state index in [2.05, 4.69) is 4.99 Å². The van der Waals surface area contributed by atoms with Gasteiger partial charge in [0.2, 0.25) is 0 Å². The molecule has 9 heteroatoms. The minimum absolute atomic E-state index is 0.0150. The number of carbonyl (C=O) groups is 2. The van der Waals surface area contributed by atoms with Crippen molar-refractivity contribution in [1.29, 1.82) is 0 Å². The number of nitrogens with zero attached hydrogens (tertiary/aromatic N) is 1. The van der Waals surface area contributed by atoms with Crippen molar-refractivity contribution >= 4 is 17.9 Å². The van der Waals surface area contributed by atoms with Gasteiger partial charge in [0.05, 0.1) is 6.61 Å². The van der Waals surface area contributed by atoms with Gasteiger partial charge in [0.25, 0.3) is 0 Å². The lowest BCUT2D eigenvalue weighted by Crippen LogP contribution is -2.35. The summed E-state index contributed by atoms with van der Waals surface area (Å²) in [5.74, 6) is -1.75. The first-order valence-electron chi connectivity index (χ1n) is 5.80. The number of carboxylic acid groups (broad SMARTS) is 1. The van der Waals surface area contributed by atoms with Crippen LogP contribution in [-0.4, -0.2) is 48.2 Å². The van der Waals surface area contributed by atoms with Crippen molar-refractivity contribution in [1.82, 2.24) is 0 Å². The van der Waals surface area contributed by atoms with E-state index < -0.39 is 24.0 Å². The second kappa shape index (κ2) is 9.11. The van der Waals surface area contributed by atoms with Crippen LogP contribution in [0.1, 0.15) is 19.3 Å². The Morgan fingerprint density at radius 3 is 2.32 bits per heavy atom. The quantitative estimate of drug-likeness (QED) is 0.135. The van der Waals surface area contributed by atoms with Gasteiger partial charge in [-0.25, -0.2) is 0 Å². The van der Waals surface area contributed by atoms with Gasteiger partial charge in [-0.15, -0.1) is 0 Å². The van der Waals surface area contributed by atoms with Crippen LogP contribution in [0.4, 0.5) is 0 Å². The zero-order valence-electron chi connectivity index (χ0n) is 10.6. The van der Waals surface area contributed by atoms with Crippen LogP contribution in [0.15, 0.2) is 4.99 Å². The third-order valence-electron chi connectivity index (χ3n) is 2.26. The number of aliphatic imine (C=N–C) groups is 1. The fraction of sp³-hybridized carbons (Fsp3) is 0.700. The number of nitrogens with two attached hydrogens (primary N) is 4. The van der Waals surface area contributed by atoms with E-state index in [1.807, 2.05) is 0 Å². The fourth-order valence-corrected chi connectivity index (χ4v) is 1.15. The minimum Gasteiger partial charge on any atom is -0.480 e. The number of rotatable bonds is 9. The molecule has 0 aliphatic heterocycles. The number of carbonyl (C=O) groups excluding carboxylic acids is 1. The number of hydrogen-bond acceptors (Lipinski definition) is 6. The van der Waals surface area contributed by atoms with E-state index in [4.69, 9.17) is 32.8 Å². The molecule has 0 radical (unpaired) electrons. The second-order valence-corrected chi connectivity index (χ2v) is 3.96. The standard InChI is InChI=1S/C10H21N5O4/c11-6(8(16)17)3-5-19-9(18)7(12)2-1-4-15-10(13)14/h6-7H,1-5,11-12H2,(H,16,17)(H4,13,14,15)/t6-,7-/m0/s1. The molecule has 0 aliphatic carbocycles. The molecule has 0 aromatic carbocycles. The number of carboxylic acids is 1. The zero-order chi connectivity index (χ0) is 14.8. The van der Waals surface area contributed by atoms with Crippen LogP contribution in [0.3, 0.4) is 0 Å². The van der Waals surface area contributed by atoms with Gasteiger partial charge in [-0.3, -0.25) is 14.6 Å². The van der Waals surface area contributed by atoms with Gasteiger partial charge in [-0.2, -0.15) is 0 Å². The summed E-state index contributed by atoms with van der Waals surface area (Å²) in [5, 5.41) is 8.52. The third-order valence-corrected chi connectivity index (χ3v) is 2.26. The SMILES string of the molecule is NC(N)=NCCC[C@H](N)C(=O)OCC[C@H](N)C(=O)O. The molecule has 0 fully saturated rings. The predicted molar refractivity (Wildman–Crippen MR) is 69.1 cm³/mol. The Hall–Kier alpha value is -1.87. The molecule has 110 valence electrons. The zero-order valence-corrected chi connectivity index (χ0v) is 10.6. The first kappa shape index (κ1) is 17.1. The van der Waals surface area contributed by atoms with Crippen LogP contribution in [0, 0.1) is 0 Å². The lowest BCUT2D eigenvalue weighted by molar-refractivity contribution is -0.147. The summed E-state index contributed by atoms with van der Waals surface area (Å²) < 4.78 is 4.81. The first-order chi connectivity index (χ1) is 8.84. The summed E-state index contributed by atoms with van der Waals surface area (Å²) in [4.78, 5) is 25.6. The lowest BCUT2D eigenvalue weighted by atomic mass is 10.2. The molecule has 0 bridgehead atoms. The van der Waals surface area contributed by atoms with Gasteiger partial charge in [0.1, 0.15) is 12.1 Å². The molecule has 0 amide bonds. The second-order valence-electron chi connectivity index (χ2n) is 3.96. The van der Waals surface area contributed by atoms with Crippen molar-refractivity contribution in [2.75, 3.05) is 13.2 Å². The Morgan fingerprint density at radius 2 is 1.79 bits per heavy atom. The molecule has 0 saturated heterocycles. The number of aliphatic carboxylic acids is 1. The molecule has 9 N–H and O–H groups in total. The highest BCUT2D eigenvalue weighted by molar-refractivity contribution is 5.76. The van der Waals surface area contributed by atoms with E-state index in [0.717, 1.165) is 0 Å². The Labute approximate surface area is 111 Å². The average molecular weight is 275 g/mol. The van der Waals surface area contributed by atoms with Crippen LogP contribution in [-0.2, 0) is 14.3 Å². The van der Waals surface area contributed by atoms with E-state index in [1.165, 1.54) is 0 Å². The van der Waals surface area contributed by atoms with Crippen LogP contribution in [0.2, 0.25) is 0 Å². The maximum absolute atomic E-state index is 11.4. The van der Waals surface area contributed by atoms with Crippen LogP contribution in [0.25, 0.3) is 0 Å². The van der Waals surface area contributed by atoms with Crippen molar-refractivity contribution in [2.24, 2.45) is 27.9 Å². The van der Waals surface area contributed by atoms with E-state index in [9.17, 15) is 9.59 Å². The number of ether oxygens (including phenoxy) is 1. The summed E-state index contributed by atoms with van der Waals surface area (Å²) in [6, 6.07) is -1.83. The van der Waals surface area contributed by atoms with Crippen molar-refractivity contribution in [3.8, 4) is 0 Å². The summed E-state index contributed by atoms with van der Waals surface area (Å²) in [7, 11) is 0. The van der Waals surface area contributed by atoms with Gasteiger partial charge in [-0.1, -0.05) is 0 Å². The summed E-state index contributed by atoms with van der Waals surface area (Å²) in [6.45, 7) is 0.307. The Bertz CT molecular complexity index is 330. The molecule has 9 nitrogen and oxygen atoms in total. The van der Waals surface area contributed by atoms with Gasteiger partial charge < -0.3 is 32.8 Å². The van der Waals surface area contributed by atoms with Gasteiger partial charge in [0, 0.05) is 13.0 Å². The van der Waals surface area contributed by atoms with Gasteiger partial charge in [0.15, 0.2) is 5.96 Å². The normalized spacial score (nSPS) is 13.4. The Morgan fingerprint density at radius 1 is 1.16 bits per heavy atom. The molecule has 2 atom stereocenters. The maximum atomic E-state index is 11.4. The van der Waals surface area contributed by atoms with E-state index in [1.54, 1.807) is 0 Å². The number of esters is 1. The highest BCUT2D eigenvalue weighted by Gasteiger charge is 2.16. The van der Waals surface area contributed by atoms with Crippen LogP contribution >= 0.6 is 0 Å². The van der Waals surface area contributed by atoms with Crippen molar-refractivity contribution in [3.63, 3.8) is 0 Å². The summed E-state index contributed by atoms with van der Waals surface area (Å²) in [5.41, 5.74) is 21.1. The molecule has 0 rings (SSSR count). The highest BCUT2D eigenvalue weighted by atomic mass is 16.5. The molecule has 0 spiro atoms. The van der Waals surface area contributed by atoms with Crippen LogP contribution in [0.5, 0.6) is 0 Å². The summed E-state index contributed by atoms with van der Waals surface area (Å²) >= 11 is 0. The maximum Gasteiger partial charge on any atom is 0.322 e. The minimum atomic E-state index is -1.14. The fourth-order valence-electron chi connectivity index (χ4n) is 1.15. The predicted octanol–water partition coefficient (Wildman–Crippen LogP) is -2.29. The lowest BCUT2D eigenvalue weighted by Gasteiger charge is -2.12. The average Bonchev–Trinajstić information content (AvgIpc) is 2.33. The van der Waals surface area contributed by atoms with Gasteiger partial charge in [-0.05, 0) is 12.8 Å². The molecular weight excluding hydrogens is 254 g/mol. The summed E-state index contributed by atoms with van der Waals surface area (Å²) in [6.07, 6.45) is 0.963. The number of guanidine groups is 1. The Balaban J connectivity index is 3.76. The highest BCUT2D eigenvalue weighted by Crippen LogP contribution is 1.99. The molecule has 19 heavy (non-hydrogen) atoms. The largest absolute Gasteiger partial charge is 0.480 e. The van der Waals surface area contributed by atoms with E-state index in [0.29, 0.717) is 19.4 Å². The molecule has 0 aromatic rings. The van der Waals surface area contributed by atoms with Crippen LogP contribution < -0.4 is 22.9 Å². The van der Waals surface area contributed by atoms with Crippen molar-refractivity contribution in [3.05, 3.63) is 0 Å². The van der Waals surface area contributed by atoms with E-state index in [-0.39, 0.29) is 19.0 Å². The molecule has 0 aliphatic rings. The smallest absolute Gasteiger partial charge is 0.322 e. The van der Waals surface area contributed by atoms with Crippen molar-refractivity contribution in [2.45, 2.75) is 31.3 Å². The monoisotopic (exact) mass is 275 g/mol. The molecule has 0 unspecified atom stereocenters. The molecule has 0 saturated carbocycles. The van der Waals surface area contributed by atoms with E-state index >= 15 is 0 Å². The third kappa shape index (κ3) is 8.80. The molecular formula is C10H21N5O4.